The van der Waals surface area contributed by atoms with Gasteiger partial charge in [-0.1, -0.05) is 13.8 Å². The van der Waals surface area contributed by atoms with E-state index in [1.807, 2.05) is 13.8 Å². The Labute approximate surface area is 267 Å². The number of hydrogen-bond donors (Lipinski definition) is 8. The van der Waals surface area contributed by atoms with E-state index in [0.29, 0.717) is 44.3 Å². The fourth-order valence-corrected chi connectivity index (χ4v) is 5.81. The van der Waals surface area contributed by atoms with E-state index in [2.05, 4.69) is 25.9 Å². The van der Waals surface area contributed by atoms with Crippen LogP contribution in [0.3, 0.4) is 0 Å². The van der Waals surface area contributed by atoms with E-state index in [0.717, 1.165) is 0 Å². The molecule has 3 heterocycles. The molecule has 17 heteroatoms. The van der Waals surface area contributed by atoms with Gasteiger partial charge in [-0.2, -0.15) is 0 Å². The van der Waals surface area contributed by atoms with Crippen molar-refractivity contribution in [3.63, 3.8) is 0 Å². The molecule has 256 valence electrons. The smallest absolute Gasteiger partial charge is 0.248 e. The number of nitrogens with two attached hydrogens (primary N) is 2. The molecule has 0 bridgehead atoms. The summed E-state index contributed by atoms with van der Waals surface area (Å²) in [5.41, 5.74) is 11.9. The highest BCUT2D eigenvalue weighted by Crippen LogP contribution is 2.25. The Kier molecular flexibility index (Phi) is 13.0. The predicted molar refractivity (Wildman–Crippen MR) is 163 cm³/mol. The van der Waals surface area contributed by atoms with E-state index in [1.54, 1.807) is 0 Å². The second kappa shape index (κ2) is 16.5. The van der Waals surface area contributed by atoms with Gasteiger partial charge < -0.3 is 52.4 Å². The maximum atomic E-state index is 13.6. The van der Waals surface area contributed by atoms with Gasteiger partial charge in [0.2, 0.25) is 35.4 Å². The van der Waals surface area contributed by atoms with Gasteiger partial charge in [0.25, 0.3) is 0 Å². The molecule has 2 fully saturated rings. The standard InChI is InChI=1S/C29H47N9O8/c1-15(2)10-18(30)25(42)34-19(11-17-12-32-14-33-17)26(43)35-20(13-39)27(44)36-23(16(3)40)29(46)38-9-5-7-22(38)28(45)37-8-4-6-21(37)24(31)41/h12,14-16,18-23,39-40H,4-11,13,30H2,1-3H3,(H2,31,41)(H,32,33)(H,34,42)(H,35,43)(H,36,44)/t16-,18+,19+,20+,21+,22+,23+/m1/s1. The molecule has 0 radical (unpaired) electrons. The van der Waals surface area contributed by atoms with Crippen LogP contribution in [-0.4, -0.2) is 127 Å². The fraction of sp³-hybridized carbons (Fsp3) is 0.690. The molecule has 3 rings (SSSR count). The molecule has 0 aromatic carbocycles. The van der Waals surface area contributed by atoms with Crippen LogP contribution in [0.25, 0.3) is 0 Å². The number of nitrogens with one attached hydrogen (secondary N) is 4. The minimum atomic E-state index is -1.57. The number of aromatic amines is 1. The van der Waals surface area contributed by atoms with E-state index >= 15 is 0 Å². The molecule has 0 spiro atoms. The Morgan fingerprint density at radius 3 is 2.13 bits per heavy atom. The van der Waals surface area contributed by atoms with Crippen molar-refractivity contribution in [2.24, 2.45) is 17.4 Å². The molecular weight excluding hydrogens is 602 g/mol. The lowest BCUT2D eigenvalue weighted by Gasteiger charge is -2.33. The monoisotopic (exact) mass is 649 g/mol. The third-order valence-electron chi connectivity index (χ3n) is 8.21. The highest BCUT2D eigenvalue weighted by Gasteiger charge is 2.44. The Hall–Kier alpha value is -4.09. The van der Waals surface area contributed by atoms with Crippen molar-refractivity contribution in [2.75, 3.05) is 19.7 Å². The van der Waals surface area contributed by atoms with E-state index in [-0.39, 0.29) is 18.9 Å². The quantitative estimate of drug-likeness (QED) is 0.0934. The van der Waals surface area contributed by atoms with Crippen molar-refractivity contribution in [2.45, 2.75) is 102 Å². The lowest BCUT2D eigenvalue weighted by atomic mass is 10.0. The molecule has 7 atom stereocenters. The summed E-state index contributed by atoms with van der Waals surface area (Å²) in [4.78, 5) is 87.6. The molecule has 1 aromatic rings. The third-order valence-corrected chi connectivity index (χ3v) is 8.21. The zero-order valence-corrected chi connectivity index (χ0v) is 26.5. The number of rotatable bonds is 15. The molecule has 0 saturated carbocycles. The predicted octanol–water partition coefficient (Wildman–Crippen LogP) is -3.38. The highest BCUT2D eigenvalue weighted by molar-refractivity contribution is 5.97. The maximum Gasteiger partial charge on any atom is 0.248 e. The summed E-state index contributed by atoms with van der Waals surface area (Å²) in [5, 5.41) is 27.9. The van der Waals surface area contributed by atoms with Crippen LogP contribution in [0.15, 0.2) is 12.5 Å². The summed E-state index contributed by atoms with van der Waals surface area (Å²) in [6.07, 6.45) is 3.66. The van der Waals surface area contributed by atoms with Crippen LogP contribution in [0.2, 0.25) is 0 Å². The summed E-state index contributed by atoms with van der Waals surface area (Å²) in [5.74, 6) is -4.06. The van der Waals surface area contributed by atoms with Crippen LogP contribution < -0.4 is 27.4 Å². The normalized spacial score (nSPS) is 21.3. The number of primary amides is 1. The number of amides is 6. The van der Waals surface area contributed by atoms with Gasteiger partial charge in [0.15, 0.2) is 0 Å². The molecule has 17 nitrogen and oxygen atoms in total. The van der Waals surface area contributed by atoms with Gasteiger partial charge in [-0.15, -0.1) is 0 Å². The fourth-order valence-electron chi connectivity index (χ4n) is 5.81. The van der Waals surface area contributed by atoms with Crippen molar-refractivity contribution in [1.82, 2.24) is 35.7 Å². The number of nitrogens with zero attached hydrogens (tertiary/aromatic N) is 3. The van der Waals surface area contributed by atoms with Crippen LogP contribution in [0.1, 0.15) is 58.6 Å². The first kappa shape index (κ1) is 36.4. The molecule has 2 aliphatic heterocycles. The van der Waals surface area contributed by atoms with Crippen LogP contribution in [0, 0.1) is 5.92 Å². The van der Waals surface area contributed by atoms with Gasteiger partial charge in [0, 0.05) is 25.7 Å². The molecule has 2 saturated heterocycles. The molecule has 10 N–H and O–H groups in total. The Bertz CT molecular complexity index is 1240. The number of aromatic nitrogens is 2. The first-order chi connectivity index (χ1) is 21.7. The Morgan fingerprint density at radius 2 is 1.57 bits per heavy atom. The van der Waals surface area contributed by atoms with Crippen molar-refractivity contribution >= 4 is 35.4 Å². The molecule has 2 aliphatic rings. The summed E-state index contributed by atoms with van der Waals surface area (Å²) >= 11 is 0. The Balaban J connectivity index is 1.71. The second-order valence-electron chi connectivity index (χ2n) is 12.3. The van der Waals surface area contributed by atoms with E-state index in [1.165, 1.54) is 29.2 Å². The molecule has 46 heavy (non-hydrogen) atoms. The van der Waals surface area contributed by atoms with Crippen molar-refractivity contribution < 1.29 is 39.0 Å². The molecule has 6 amide bonds. The lowest BCUT2D eigenvalue weighted by molar-refractivity contribution is -0.149. The molecule has 0 unspecified atom stereocenters. The number of aliphatic hydroxyl groups excluding tert-OH is 2. The number of aliphatic hydroxyl groups is 2. The molecule has 0 aliphatic carbocycles. The van der Waals surface area contributed by atoms with Gasteiger partial charge in [-0.25, -0.2) is 4.98 Å². The number of likely N-dealkylation sites (tertiary alicyclic amines) is 2. The van der Waals surface area contributed by atoms with Crippen molar-refractivity contribution in [3.8, 4) is 0 Å². The number of imidazole rings is 1. The van der Waals surface area contributed by atoms with Crippen molar-refractivity contribution in [1.29, 1.82) is 0 Å². The molecular formula is C29H47N9O8. The van der Waals surface area contributed by atoms with E-state index in [9.17, 15) is 39.0 Å². The summed E-state index contributed by atoms with van der Waals surface area (Å²) in [6, 6.07) is -6.87. The van der Waals surface area contributed by atoms with E-state index < -0.39 is 84.4 Å². The number of carbonyl (C=O) groups is 6. The minimum absolute atomic E-state index is 0.0535. The van der Waals surface area contributed by atoms with Crippen LogP contribution in [0.4, 0.5) is 0 Å². The van der Waals surface area contributed by atoms with Crippen LogP contribution in [-0.2, 0) is 35.2 Å². The Morgan fingerprint density at radius 1 is 0.957 bits per heavy atom. The minimum Gasteiger partial charge on any atom is -0.394 e. The van der Waals surface area contributed by atoms with Gasteiger partial charge >= 0.3 is 0 Å². The number of hydrogen-bond acceptors (Lipinski definition) is 10. The molecule has 1 aromatic heterocycles. The van der Waals surface area contributed by atoms with Crippen LogP contribution >= 0.6 is 0 Å². The first-order valence-electron chi connectivity index (χ1n) is 15.6. The first-order valence-corrected chi connectivity index (χ1v) is 15.6. The second-order valence-corrected chi connectivity index (χ2v) is 12.3. The highest BCUT2D eigenvalue weighted by atomic mass is 16.3. The maximum absolute atomic E-state index is 13.6. The largest absolute Gasteiger partial charge is 0.394 e. The zero-order valence-electron chi connectivity index (χ0n) is 26.5. The number of H-pyrrole nitrogens is 1. The number of carbonyl (C=O) groups excluding carboxylic acids is 6. The van der Waals surface area contributed by atoms with Crippen molar-refractivity contribution in [3.05, 3.63) is 18.2 Å². The topological polar surface area (TPSA) is 266 Å². The average molecular weight is 650 g/mol. The third kappa shape index (κ3) is 9.23. The van der Waals surface area contributed by atoms with Gasteiger partial charge in [0.05, 0.1) is 30.8 Å². The van der Waals surface area contributed by atoms with Crippen LogP contribution in [0.5, 0.6) is 0 Å². The lowest BCUT2D eigenvalue weighted by Crippen LogP contribution is -2.62. The van der Waals surface area contributed by atoms with E-state index in [4.69, 9.17) is 11.5 Å². The van der Waals surface area contributed by atoms with Gasteiger partial charge in [0.1, 0.15) is 30.2 Å². The van der Waals surface area contributed by atoms with Gasteiger partial charge in [-0.05, 0) is 44.9 Å². The summed E-state index contributed by atoms with van der Waals surface area (Å²) in [6.45, 7) is 4.70. The SMILES string of the molecule is CC(C)C[C@H](N)C(=O)N[C@@H](Cc1c[nH]cn1)C(=O)N[C@@H](CO)C(=O)N[C@H](C(=O)N1CCC[C@H]1C(=O)N1CCC[C@H]1C(N)=O)[C@@H](C)O. The summed E-state index contributed by atoms with van der Waals surface area (Å²) in [7, 11) is 0. The van der Waals surface area contributed by atoms with Gasteiger partial charge in [-0.3, -0.25) is 28.8 Å². The average Bonchev–Trinajstić information content (AvgIpc) is 3.79. The zero-order chi connectivity index (χ0) is 34.1. The summed E-state index contributed by atoms with van der Waals surface area (Å²) < 4.78 is 0.